The maximum absolute atomic E-state index is 12.2. The largest absolute Gasteiger partial charge is 0.427 e. The van der Waals surface area contributed by atoms with E-state index >= 15 is 0 Å². The molecule has 0 saturated carbocycles. The molecule has 0 aromatic carbocycles. The number of halogens is 3. The Morgan fingerprint density at radius 3 is 2.60 bits per heavy atom. The molecule has 0 saturated heterocycles. The molecule has 1 rings (SSSR count). The van der Waals surface area contributed by atoms with Crippen LogP contribution in [0, 0.1) is 5.92 Å². The van der Waals surface area contributed by atoms with Crippen molar-refractivity contribution in [1.29, 1.82) is 0 Å². The molecular formula is C9H13F3N2S. The van der Waals surface area contributed by atoms with Crippen LogP contribution in [0.1, 0.15) is 25.1 Å². The summed E-state index contributed by atoms with van der Waals surface area (Å²) in [6.45, 7) is 4.78. The smallest absolute Gasteiger partial charge is 0.362 e. The fourth-order valence-electron chi connectivity index (χ4n) is 0.955. The predicted molar refractivity (Wildman–Crippen MR) is 55.1 cm³/mol. The Labute approximate surface area is 90.5 Å². The first-order valence-electron chi connectivity index (χ1n) is 4.66. The van der Waals surface area contributed by atoms with Gasteiger partial charge in [0.1, 0.15) is 4.88 Å². The van der Waals surface area contributed by atoms with Gasteiger partial charge in [0.05, 0.1) is 6.20 Å². The van der Waals surface area contributed by atoms with Gasteiger partial charge < -0.3 is 5.32 Å². The summed E-state index contributed by atoms with van der Waals surface area (Å²) in [7, 11) is 0. The number of nitrogens with zero attached hydrogens (tertiary/aromatic N) is 1. The molecule has 0 aliphatic heterocycles. The van der Waals surface area contributed by atoms with Crippen molar-refractivity contribution in [2.24, 2.45) is 5.92 Å². The average molecular weight is 238 g/mol. The van der Waals surface area contributed by atoms with Gasteiger partial charge in [-0.1, -0.05) is 25.2 Å². The van der Waals surface area contributed by atoms with Gasteiger partial charge in [-0.25, -0.2) is 4.98 Å². The molecule has 0 fully saturated rings. The van der Waals surface area contributed by atoms with Crippen molar-refractivity contribution in [3.8, 4) is 0 Å². The van der Waals surface area contributed by atoms with Crippen molar-refractivity contribution >= 4 is 16.5 Å². The molecule has 0 atom stereocenters. The summed E-state index contributed by atoms with van der Waals surface area (Å²) in [6, 6.07) is 0. The minimum absolute atomic E-state index is 0.336. The van der Waals surface area contributed by atoms with E-state index in [4.69, 9.17) is 0 Å². The normalized spacial score (nSPS) is 12.1. The van der Waals surface area contributed by atoms with Gasteiger partial charge in [0, 0.05) is 6.54 Å². The number of alkyl halides is 3. The van der Waals surface area contributed by atoms with E-state index in [1.165, 1.54) is 0 Å². The molecule has 15 heavy (non-hydrogen) atoms. The predicted octanol–water partition coefficient (Wildman–Crippen LogP) is 3.62. The van der Waals surface area contributed by atoms with E-state index in [1.54, 1.807) is 0 Å². The minimum atomic E-state index is -4.28. The van der Waals surface area contributed by atoms with Crippen LogP contribution in [0.3, 0.4) is 0 Å². The summed E-state index contributed by atoms with van der Waals surface area (Å²) in [5.74, 6) is 0.527. The summed E-state index contributed by atoms with van der Waals surface area (Å²) < 4.78 is 36.6. The third-order valence-electron chi connectivity index (χ3n) is 1.78. The van der Waals surface area contributed by atoms with E-state index in [0.29, 0.717) is 28.9 Å². The Kier molecular flexibility index (Phi) is 3.96. The van der Waals surface area contributed by atoms with Crippen LogP contribution >= 0.6 is 11.3 Å². The second kappa shape index (κ2) is 4.83. The van der Waals surface area contributed by atoms with Crippen LogP contribution in [0.2, 0.25) is 0 Å². The van der Waals surface area contributed by atoms with Gasteiger partial charge in [0.15, 0.2) is 5.13 Å². The molecule has 0 spiro atoms. The molecule has 1 aromatic heterocycles. The highest BCUT2D eigenvalue weighted by Crippen LogP contribution is 2.34. The second-order valence-corrected chi connectivity index (χ2v) is 4.67. The summed E-state index contributed by atoms with van der Waals surface area (Å²) in [5.41, 5.74) is 0. The third-order valence-corrected chi connectivity index (χ3v) is 2.78. The van der Waals surface area contributed by atoms with E-state index in [9.17, 15) is 13.2 Å². The lowest BCUT2D eigenvalue weighted by Gasteiger charge is -2.04. The van der Waals surface area contributed by atoms with Gasteiger partial charge >= 0.3 is 6.18 Å². The number of nitrogens with one attached hydrogen (secondary N) is 1. The van der Waals surface area contributed by atoms with Crippen LogP contribution in [-0.2, 0) is 6.18 Å². The monoisotopic (exact) mass is 238 g/mol. The number of hydrogen-bond donors (Lipinski definition) is 1. The molecule has 0 aliphatic rings. The van der Waals surface area contributed by atoms with Crippen molar-refractivity contribution in [3.05, 3.63) is 11.1 Å². The Hall–Kier alpha value is -0.780. The van der Waals surface area contributed by atoms with Crippen LogP contribution in [0.4, 0.5) is 18.3 Å². The fraction of sp³-hybridized carbons (Fsp3) is 0.667. The quantitative estimate of drug-likeness (QED) is 0.866. The molecule has 0 amide bonds. The number of hydrogen-bond acceptors (Lipinski definition) is 3. The van der Waals surface area contributed by atoms with E-state index in [2.05, 4.69) is 24.1 Å². The van der Waals surface area contributed by atoms with Crippen LogP contribution in [-0.4, -0.2) is 11.5 Å². The zero-order chi connectivity index (χ0) is 11.5. The number of aromatic nitrogens is 1. The van der Waals surface area contributed by atoms with Gasteiger partial charge in [0.2, 0.25) is 0 Å². The second-order valence-electron chi connectivity index (χ2n) is 3.64. The zero-order valence-corrected chi connectivity index (χ0v) is 9.37. The summed E-state index contributed by atoms with van der Waals surface area (Å²) in [5, 5.41) is 3.21. The Morgan fingerprint density at radius 1 is 1.47 bits per heavy atom. The molecular weight excluding hydrogens is 225 g/mol. The highest BCUT2D eigenvalue weighted by Gasteiger charge is 2.33. The van der Waals surface area contributed by atoms with Crippen molar-refractivity contribution < 1.29 is 13.2 Å². The van der Waals surface area contributed by atoms with Gasteiger partial charge in [-0.3, -0.25) is 0 Å². The Bertz CT molecular complexity index is 307. The molecule has 0 radical (unpaired) electrons. The van der Waals surface area contributed by atoms with Crippen LogP contribution < -0.4 is 5.32 Å². The SMILES string of the molecule is CC(C)CCNc1ncc(C(F)(F)F)s1. The van der Waals surface area contributed by atoms with Crippen LogP contribution in [0.15, 0.2) is 6.20 Å². The number of anilines is 1. The lowest BCUT2D eigenvalue weighted by Crippen LogP contribution is -2.04. The highest BCUT2D eigenvalue weighted by atomic mass is 32.1. The lowest BCUT2D eigenvalue weighted by atomic mass is 10.1. The van der Waals surface area contributed by atoms with Crippen molar-refractivity contribution in [1.82, 2.24) is 4.98 Å². The molecule has 1 N–H and O–H groups in total. The summed E-state index contributed by atoms with van der Waals surface area (Å²) >= 11 is 0.644. The molecule has 6 heteroatoms. The number of thiazole rings is 1. The standard InChI is InChI=1S/C9H13F3N2S/c1-6(2)3-4-13-8-14-5-7(15-8)9(10,11)12/h5-6H,3-4H2,1-2H3,(H,13,14). The van der Waals surface area contributed by atoms with Crippen molar-refractivity contribution in [3.63, 3.8) is 0 Å². The topological polar surface area (TPSA) is 24.9 Å². The Balaban J connectivity index is 2.47. The molecule has 0 bridgehead atoms. The summed E-state index contributed by atoms with van der Waals surface area (Å²) in [6.07, 6.45) is -2.50. The zero-order valence-electron chi connectivity index (χ0n) is 8.56. The first-order valence-corrected chi connectivity index (χ1v) is 5.48. The van der Waals surface area contributed by atoms with E-state index in [-0.39, 0.29) is 0 Å². The minimum Gasteiger partial charge on any atom is -0.362 e. The Morgan fingerprint density at radius 2 is 2.13 bits per heavy atom. The molecule has 1 aromatic rings. The maximum Gasteiger partial charge on any atom is 0.427 e. The first-order chi connectivity index (χ1) is 6.89. The fourth-order valence-corrected chi connectivity index (χ4v) is 1.66. The molecule has 2 nitrogen and oxygen atoms in total. The van der Waals surface area contributed by atoms with Gasteiger partial charge in [-0.2, -0.15) is 13.2 Å². The van der Waals surface area contributed by atoms with Crippen LogP contribution in [0.5, 0.6) is 0 Å². The number of rotatable bonds is 4. The molecule has 86 valence electrons. The van der Waals surface area contributed by atoms with Crippen molar-refractivity contribution in [2.75, 3.05) is 11.9 Å². The highest BCUT2D eigenvalue weighted by molar-refractivity contribution is 7.15. The maximum atomic E-state index is 12.2. The van der Waals surface area contributed by atoms with Crippen LogP contribution in [0.25, 0.3) is 0 Å². The van der Waals surface area contributed by atoms with E-state index in [1.807, 2.05) is 0 Å². The van der Waals surface area contributed by atoms with Gasteiger partial charge in [0.25, 0.3) is 0 Å². The molecule has 0 unspecified atom stereocenters. The molecule has 0 aliphatic carbocycles. The van der Waals surface area contributed by atoms with E-state index in [0.717, 1.165) is 12.6 Å². The third kappa shape index (κ3) is 4.07. The average Bonchev–Trinajstić information content (AvgIpc) is 2.51. The first kappa shape index (κ1) is 12.3. The summed E-state index contributed by atoms with van der Waals surface area (Å²) in [4.78, 5) is 3.01. The van der Waals surface area contributed by atoms with Crippen molar-refractivity contribution in [2.45, 2.75) is 26.4 Å². The van der Waals surface area contributed by atoms with Gasteiger partial charge in [-0.15, -0.1) is 0 Å². The molecule has 1 heterocycles. The van der Waals surface area contributed by atoms with Gasteiger partial charge in [-0.05, 0) is 12.3 Å². The van der Waals surface area contributed by atoms with E-state index < -0.39 is 11.1 Å². The lowest BCUT2D eigenvalue weighted by molar-refractivity contribution is -0.134.